The molecule has 4 rings (SSSR count). The Morgan fingerprint density at radius 2 is 1.93 bits per heavy atom. The number of Topliss-reactive ketones (excluding diaryl/α,β-unsaturated/α-hetero) is 1. The SMILES string of the molecule is O=C(Nc1ccc2ncsc2c1)OCCN1CCC(C(=O)c2ccc(Br)cc2)CC1. The predicted octanol–water partition coefficient (Wildman–Crippen LogP) is 5.20. The Labute approximate surface area is 187 Å². The van der Waals surface area contributed by atoms with Gasteiger partial charge >= 0.3 is 6.09 Å². The van der Waals surface area contributed by atoms with Crippen molar-refractivity contribution in [3.05, 3.63) is 58.0 Å². The van der Waals surface area contributed by atoms with Gasteiger partial charge in [0.2, 0.25) is 0 Å². The number of thiazole rings is 1. The fourth-order valence-corrected chi connectivity index (χ4v) is 4.60. The molecule has 0 aliphatic carbocycles. The fourth-order valence-electron chi connectivity index (χ4n) is 3.62. The number of carbonyl (C=O) groups is 2. The Morgan fingerprint density at radius 1 is 1.17 bits per heavy atom. The fraction of sp³-hybridized carbons (Fsp3) is 0.318. The number of hydrogen-bond acceptors (Lipinski definition) is 6. The van der Waals surface area contributed by atoms with Crippen LogP contribution in [-0.2, 0) is 4.74 Å². The quantitative estimate of drug-likeness (QED) is 0.483. The van der Waals surface area contributed by atoms with Crippen LogP contribution in [0.25, 0.3) is 10.2 Å². The Kier molecular flexibility index (Phi) is 6.76. The van der Waals surface area contributed by atoms with Gasteiger partial charge in [-0.2, -0.15) is 0 Å². The third kappa shape index (κ3) is 5.24. The molecule has 0 atom stereocenters. The number of anilines is 1. The molecule has 0 saturated carbocycles. The van der Waals surface area contributed by atoms with Crippen LogP contribution >= 0.6 is 27.3 Å². The number of aromatic nitrogens is 1. The van der Waals surface area contributed by atoms with Gasteiger partial charge < -0.3 is 4.74 Å². The number of halogens is 1. The number of amides is 1. The van der Waals surface area contributed by atoms with Crippen molar-refractivity contribution in [3.63, 3.8) is 0 Å². The Bertz CT molecular complexity index is 1030. The lowest BCUT2D eigenvalue weighted by Gasteiger charge is -2.31. The number of rotatable bonds is 6. The smallest absolute Gasteiger partial charge is 0.411 e. The van der Waals surface area contributed by atoms with Crippen LogP contribution in [0.4, 0.5) is 10.5 Å². The van der Waals surface area contributed by atoms with E-state index in [1.807, 2.05) is 42.5 Å². The molecule has 0 bridgehead atoms. The molecule has 1 aliphatic heterocycles. The second kappa shape index (κ2) is 9.68. The summed E-state index contributed by atoms with van der Waals surface area (Å²) in [6.45, 7) is 2.65. The molecule has 1 fully saturated rings. The molecule has 0 spiro atoms. The predicted molar refractivity (Wildman–Crippen MR) is 122 cm³/mol. The van der Waals surface area contributed by atoms with Crippen LogP contribution in [0.5, 0.6) is 0 Å². The van der Waals surface area contributed by atoms with E-state index in [1.54, 1.807) is 5.51 Å². The second-order valence-electron chi connectivity index (χ2n) is 7.28. The van der Waals surface area contributed by atoms with Crippen LogP contribution in [0, 0.1) is 5.92 Å². The summed E-state index contributed by atoms with van der Waals surface area (Å²) < 4.78 is 7.32. The van der Waals surface area contributed by atoms with E-state index in [4.69, 9.17) is 4.74 Å². The number of ketones is 1. The average molecular weight is 488 g/mol. The molecule has 0 unspecified atom stereocenters. The van der Waals surface area contributed by atoms with Crippen molar-refractivity contribution in [1.29, 1.82) is 0 Å². The number of hydrogen-bond donors (Lipinski definition) is 1. The topological polar surface area (TPSA) is 71.5 Å². The van der Waals surface area contributed by atoms with Gasteiger partial charge in [0.15, 0.2) is 5.78 Å². The number of nitrogens with one attached hydrogen (secondary N) is 1. The van der Waals surface area contributed by atoms with E-state index < -0.39 is 6.09 Å². The lowest BCUT2D eigenvalue weighted by Crippen LogP contribution is -2.38. The first-order valence-corrected chi connectivity index (χ1v) is 11.5. The maximum Gasteiger partial charge on any atom is 0.411 e. The lowest BCUT2D eigenvalue weighted by molar-refractivity contribution is 0.0813. The van der Waals surface area contributed by atoms with Gasteiger partial charge in [0.05, 0.1) is 15.7 Å². The standard InChI is InChI=1S/C22H22BrN3O3S/c23-17-3-1-15(2-4-17)21(27)16-7-9-26(10-8-16)11-12-29-22(28)25-18-5-6-19-20(13-18)30-14-24-19/h1-6,13-14,16H,7-12H2,(H,25,28). The highest BCUT2D eigenvalue weighted by molar-refractivity contribution is 9.10. The maximum absolute atomic E-state index is 12.6. The highest BCUT2D eigenvalue weighted by Gasteiger charge is 2.25. The number of nitrogens with zero attached hydrogens (tertiary/aromatic N) is 2. The van der Waals surface area contributed by atoms with Gasteiger partial charge in [-0.1, -0.05) is 28.1 Å². The van der Waals surface area contributed by atoms with Crippen LogP contribution in [0.15, 0.2) is 52.4 Å². The van der Waals surface area contributed by atoms with Crippen LogP contribution in [0.2, 0.25) is 0 Å². The number of fused-ring (bicyclic) bond motifs is 1. The van der Waals surface area contributed by atoms with Crippen LogP contribution in [-0.4, -0.2) is 48.0 Å². The molecule has 8 heteroatoms. The summed E-state index contributed by atoms with van der Waals surface area (Å²) in [5, 5.41) is 2.76. The second-order valence-corrected chi connectivity index (χ2v) is 9.08. The maximum atomic E-state index is 12.6. The van der Waals surface area contributed by atoms with Crippen molar-refractivity contribution in [2.24, 2.45) is 5.92 Å². The Balaban J connectivity index is 1.18. The third-order valence-corrected chi connectivity index (χ3v) is 6.63. The van der Waals surface area contributed by atoms with Gasteiger partial charge in [-0.25, -0.2) is 9.78 Å². The molecule has 1 saturated heterocycles. The van der Waals surface area contributed by atoms with Crippen LogP contribution in [0.1, 0.15) is 23.2 Å². The first-order valence-electron chi connectivity index (χ1n) is 9.87. The minimum atomic E-state index is -0.459. The zero-order valence-electron chi connectivity index (χ0n) is 16.3. The molecule has 0 radical (unpaired) electrons. The van der Waals surface area contributed by atoms with Gasteiger partial charge in [0.25, 0.3) is 0 Å². The summed E-state index contributed by atoms with van der Waals surface area (Å²) in [5.74, 6) is 0.281. The summed E-state index contributed by atoms with van der Waals surface area (Å²) in [5.41, 5.74) is 4.17. The highest BCUT2D eigenvalue weighted by atomic mass is 79.9. The lowest BCUT2D eigenvalue weighted by atomic mass is 9.89. The van der Waals surface area contributed by atoms with Crippen molar-refractivity contribution in [3.8, 4) is 0 Å². The molecule has 1 amide bonds. The molecular weight excluding hydrogens is 466 g/mol. The summed E-state index contributed by atoms with van der Waals surface area (Å²) in [4.78, 5) is 31.1. The van der Waals surface area contributed by atoms with Crippen molar-refractivity contribution >= 4 is 55.0 Å². The Morgan fingerprint density at radius 3 is 2.70 bits per heavy atom. The minimum Gasteiger partial charge on any atom is -0.448 e. The summed E-state index contributed by atoms with van der Waals surface area (Å²) in [6.07, 6.45) is 1.20. The zero-order valence-corrected chi connectivity index (χ0v) is 18.7. The molecule has 1 aromatic heterocycles. The monoisotopic (exact) mass is 487 g/mol. The number of carbonyl (C=O) groups excluding carboxylic acids is 2. The molecule has 30 heavy (non-hydrogen) atoms. The van der Waals surface area contributed by atoms with E-state index in [0.717, 1.165) is 46.2 Å². The normalized spacial score (nSPS) is 15.2. The van der Waals surface area contributed by atoms with Crippen molar-refractivity contribution in [2.45, 2.75) is 12.8 Å². The molecule has 1 N–H and O–H groups in total. The van der Waals surface area contributed by atoms with E-state index in [0.29, 0.717) is 18.8 Å². The van der Waals surface area contributed by atoms with Gasteiger partial charge in [-0.05, 0) is 56.3 Å². The third-order valence-electron chi connectivity index (χ3n) is 5.31. The van der Waals surface area contributed by atoms with E-state index >= 15 is 0 Å². The van der Waals surface area contributed by atoms with Gasteiger partial charge in [0.1, 0.15) is 6.61 Å². The van der Waals surface area contributed by atoms with Crippen molar-refractivity contribution in [2.75, 3.05) is 31.6 Å². The average Bonchev–Trinajstić information content (AvgIpc) is 3.22. The molecular formula is C22H22BrN3O3S. The van der Waals surface area contributed by atoms with E-state index in [1.165, 1.54) is 11.3 Å². The van der Waals surface area contributed by atoms with Crippen LogP contribution < -0.4 is 5.32 Å². The van der Waals surface area contributed by atoms with E-state index in [-0.39, 0.29) is 11.7 Å². The molecule has 6 nitrogen and oxygen atoms in total. The number of piperidine rings is 1. The Hall–Kier alpha value is -2.29. The van der Waals surface area contributed by atoms with Crippen molar-refractivity contribution < 1.29 is 14.3 Å². The van der Waals surface area contributed by atoms with E-state index in [2.05, 4.69) is 31.1 Å². The minimum absolute atomic E-state index is 0.0632. The molecule has 1 aliphatic rings. The summed E-state index contributed by atoms with van der Waals surface area (Å²) in [7, 11) is 0. The number of likely N-dealkylation sites (tertiary alicyclic amines) is 1. The molecule has 3 aromatic rings. The zero-order chi connectivity index (χ0) is 20.9. The van der Waals surface area contributed by atoms with Gasteiger partial charge in [0, 0.05) is 28.2 Å². The van der Waals surface area contributed by atoms with Crippen molar-refractivity contribution in [1.82, 2.24) is 9.88 Å². The first kappa shape index (κ1) is 21.0. The van der Waals surface area contributed by atoms with Gasteiger partial charge in [-0.15, -0.1) is 11.3 Å². The van der Waals surface area contributed by atoms with E-state index in [9.17, 15) is 9.59 Å². The molecule has 2 aromatic carbocycles. The summed E-state index contributed by atoms with van der Waals surface area (Å²) in [6, 6.07) is 13.1. The molecule has 2 heterocycles. The number of ether oxygens (including phenoxy) is 1. The first-order chi connectivity index (χ1) is 14.6. The van der Waals surface area contributed by atoms with Crippen LogP contribution in [0.3, 0.4) is 0 Å². The highest BCUT2D eigenvalue weighted by Crippen LogP contribution is 2.23. The molecule has 156 valence electrons. The summed E-state index contributed by atoms with van der Waals surface area (Å²) >= 11 is 4.93. The number of benzene rings is 2. The van der Waals surface area contributed by atoms with Gasteiger partial charge in [-0.3, -0.25) is 15.0 Å². The largest absolute Gasteiger partial charge is 0.448 e.